The molecule has 0 spiro atoms. The molecule has 2 aliphatic carbocycles. The highest BCUT2D eigenvalue weighted by Crippen LogP contribution is 2.53. The smallest absolute Gasteiger partial charge is 0.340 e. The summed E-state index contributed by atoms with van der Waals surface area (Å²) in [5, 5.41) is 3.32. The van der Waals surface area contributed by atoms with E-state index in [1.807, 2.05) is 12.2 Å². The van der Waals surface area contributed by atoms with Crippen LogP contribution in [-0.4, -0.2) is 21.8 Å². The SMILES string of the molecule is O=C1[C@@H]2C3C=CC(C3)[C@@H]2C(=O)N1c1nc2ccc(Nc3ccc(C(F)(F)F)cn3)cc2s1. The average Bonchev–Trinajstić information content (AvgIpc) is 3.50. The number of carbonyl (C=O) groups excluding carboxylic acids is 2. The van der Waals surface area contributed by atoms with Crippen molar-refractivity contribution in [2.24, 2.45) is 23.7 Å². The Bertz CT molecular complexity index is 1270. The van der Waals surface area contributed by atoms with Crippen molar-refractivity contribution in [3.63, 3.8) is 0 Å². The van der Waals surface area contributed by atoms with Crippen LogP contribution in [0.3, 0.4) is 0 Å². The fourth-order valence-corrected chi connectivity index (χ4v) is 5.98. The van der Waals surface area contributed by atoms with E-state index in [0.29, 0.717) is 16.3 Å². The molecule has 2 amide bonds. The number of aromatic nitrogens is 2. The van der Waals surface area contributed by atoms with Crippen LogP contribution >= 0.6 is 11.3 Å². The van der Waals surface area contributed by atoms with Gasteiger partial charge >= 0.3 is 6.18 Å². The Kier molecular flexibility index (Phi) is 4.01. The van der Waals surface area contributed by atoms with Crippen LogP contribution in [-0.2, 0) is 15.8 Å². The Morgan fingerprint density at radius 2 is 1.75 bits per heavy atom. The van der Waals surface area contributed by atoms with Gasteiger partial charge in [0.2, 0.25) is 11.8 Å². The fraction of sp³-hybridized carbons (Fsp3) is 0.273. The second-order valence-corrected chi connectivity index (χ2v) is 9.25. The van der Waals surface area contributed by atoms with Crippen molar-refractivity contribution in [3.8, 4) is 0 Å². The minimum absolute atomic E-state index is 0.132. The van der Waals surface area contributed by atoms with Gasteiger partial charge in [0.25, 0.3) is 0 Å². The number of nitrogens with one attached hydrogen (secondary N) is 1. The van der Waals surface area contributed by atoms with Crippen LogP contribution in [0.15, 0.2) is 48.7 Å². The summed E-state index contributed by atoms with van der Waals surface area (Å²) >= 11 is 1.24. The molecule has 6 rings (SSSR count). The first kappa shape index (κ1) is 19.4. The van der Waals surface area contributed by atoms with Gasteiger partial charge in [-0.1, -0.05) is 23.5 Å². The maximum absolute atomic E-state index is 13.0. The van der Waals surface area contributed by atoms with Gasteiger partial charge in [0.05, 0.1) is 27.6 Å². The number of hydrogen-bond acceptors (Lipinski definition) is 6. The van der Waals surface area contributed by atoms with Gasteiger partial charge in [-0.2, -0.15) is 13.2 Å². The zero-order chi connectivity index (χ0) is 22.2. The Morgan fingerprint density at radius 1 is 1.03 bits per heavy atom. The number of anilines is 3. The number of allylic oxidation sites excluding steroid dienone is 2. The summed E-state index contributed by atoms with van der Waals surface area (Å²) in [5.74, 6) is -0.394. The van der Waals surface area contributed by atoms with Crippen LogP contribution in [0, 0.1) is 23.7 Å². The van der Waals surface area contributed by atoms with E-state index in [2.05, 4.69) is 15.3 Å². The molecule has 6 nitrogen and oxygen atoms in total. The van der Waals surface area contributed by atoms with E-state index in [1.54, 1.807) is 18.2 Å². The van der Waals surface area contributed by atoms with Gasteiger partial charge in [-0.25, -0.2) is 14.9 Å². The Labute approximate surface area is 183 Å². The van der Waals surface area contributed by atoms with E-state index in [9.17, 15) is 22.8 Å². The Hall–Kier alpha value is -3.27. The monoisotopic (exact) mass is 456 g/mol. The second-order valence-electron chi connectivity index (χ2n) is 8.25. The molecule has 2 bridgehead atoms. The predicted octanol–water partition coefficient (Wildman–Crippen LogP) is 4.77. The molecule has 1 saturated carbocycles. The average molecular weight is 456 g/mol. The number of amides is 2. The lowest BCUT2D eigenvalue weighted by Crippen LogP contribution is -2.32. The summed E-state index contributed by atoms with van der Waals surface area (Å²) in [6, 6.07) is 7.44. The lowest BCUT2D eigenvalue weighted by atomic mass is 9.85. The maximum atomic E-state index is 13.0. The van der Waals surface area contributed by atoms with E-state index in [1.165, 1.54) is 22.3 Å². The van der Waals surface area contributed by atoms with E-state index >= 15 is 0 Å². The van der Waals surface area contributed by atoms with Crippen LogP contribution in [0.25, 0.3) is 10.2 Å². The van der Waals surface area contributed by atoms with Crippen molar-refractivity contribution in [2.75, 3.05) is 10.2 Å². The van der Waals surface area contributed by atoms with Crippen molar-refractivity contribution in [2.45, 2.75) is 12.6 Å². The maximum Gasteiger partial charge on any atom is 0.417 e. The number of alkyl halides is 3. The van der Waals surface area contributed by atoms with Crippen LogP contribution in [0.5, 0.6) is 0 Å². The van der Waals surface area contributed by atoms with E-state index < -0.39 is 11.7 Å². The number of benzene rings is 1. The largest absolute Gasteiger partial charge is 0.417 e. The van der Waals surface area contributed by atoms with Crippen LogP contribution in [0.1, 0.15) is 12.0 Å². The third kappa shape index (κ3) is 2.85. The second kappa shape index (κ2) is 6.61. The standard InChI is InChI=1S/C22H15F3N4O2S/c23-22(24,25)12-3-6-16(26-9-12)27-13-4-5-14-15(8-13)32-21(28-14)29-19(30)17-10-1-2-11(7-10)18(17)20(29)31/h1-6,8-11,17-18H,7H2,(H,26,27)/t10?,11?,17-,18+. The summed E-state index contributed by atoms with van der Waals surface area (Å²) in [7, 11) is 0. The number of hydrogen-bond donors (Lipinski definition) is 1. The first-order valence-corrected chi connectivity index (χ1v) is 10.9. The molecule has 0 radical (unpaired) electrons. The summed E-state index contributed by atoms with van der Waals surface area (Å²) < 4.78 is 38.9. The molecule has 1 N–H and O–H groups in total. The van der Waals surface area contributed by atoms with Gasteiger partial charge in [0.1, 0.15) is 5.82 Å². The summed E-state index contributed by atoms with van der Waals surface area (Å²) in [4.78, 5) is 35.6. The molecule has 4 atom stereocenters. The highest BCUT2D eigenvalue weighted by molar-refractivity contribution is 7.22. The van der Waals surface area contributed by atoms with Crippen molar-refractivity contribution in [1.82, 2.24) is 9.97 Å². The zero-order valence-corrected chi connectivity index (χ0v) is 17.2. The lowest BCUT2D eigenvalue weighted by Gasteiger charge is -2.14. The number of imide groups is 1. The summed E-state index contributed by atoms with van der Waals surface area (Å²) in [5.41, 5.74) is 0.423. The molecule has 32 heavy (non-hydrogen) atoms. The highest BCUT2D eigenvalue weighted by Gasteiger charge is 2.60. The first-order chi connectivity index (χ1) is 15.3. The predicted molar refractivity (Wildman–Crippen MR) is 112 cm³/mol. The molecule has 162 valence electrons. The molecule has 2 aromatic heterocycles. The van der Waals surface area contributed by atoms with Gasteiger partial charge < -0.3 is 5.32 Å². The molecule has 1 aromatic carbocycles. The van der Waals surface area contributed by atoms with Crippen LogP contribution in [0.4, 0.5) is 29.8 Å². The van der Waals surface area contributed by atoms with Crippen LogP contribution in [0.2, 0.25) is 0 Å². The summed E-state index contributed by atoms with van der Waals surface area (Å²) in [6.07, 6.45) is 1.29. The highest BCUT2D eigenvalue weighted by atomic mass is 32.1. The molecule has 2 unspecified atom stereocenters. The quantitative estimate of drug-likeness (QED) is 0.454. The minimum Gasteiger partial charge on any atom is -0.340 e. The number of thiazole rings is 1. The van der Waals surface area contributed by atoms with Crippen molar-refractivity contribution < 1.29 is 22.8 Å². The van der Waals surface area contributed by atoms with Crippen LogP contribution < -0.4 is 10.2 Å². The number of nitrogens with zero attached hydrogens (tertiary/aromatic N) is 3. The summed E-state index contributed by atoms with van der Waals surface area (Å²) in [6.45, 7) is 0. The molecule has 1 aliphatic heterocycles. The Morgan fingerprint density at radius 3 is 2.38 bits per heavy atom. The number of halogens is 3. The molecule has 3 heterocycles. The molecule has 2 fully saturated rings. The van der Waals surface area contributed by atoms with Crippen molar-refractivity contribution in [1.29, 1.82) is 0 Å². The molecule has 1 saturated heterocycles. The van der Waals surface area contributed by atoms with Gasteiger partial charge in [0, 0.05) is 11.9 Å². The number of rotatable bonds is 3. The molecular weight excluding hydrogens is 441 g/mol. The molecule has 10 heteroatoms. The topological polar surface area (TPSA) is 75.2 Å². The minimum atomic E-state index is -4.44. The number of carbonyl (C=O) groups is 2. The zero-order valence-electron chi connectivity index (χ0n) is 16.3. The third-order valence-electron chi connectivity index (χ3n) is 6.40. The van der Waals surface area contributed by atoms with Gasteiger partial charge in [-0.05, 0) is 48.6 Å². The van der Waals surface area contributed by atoms with Gasteiger partial charge in [0.15, 0.2) is 5.13 Å². The third-order valence-corrected chi connectivity index (χ3v) is 7.41. The lowest BCUT2D eigenvalue weighted by molar-refractivity contribution is -0.137. The van der Waals surface area contributed by atoms with Crippen molar-refractivity contribution in [3.05, 3.63) is 54.2 Å². The molecule has 3 aliphatic rings. The fourth-order valence-electron chi connectivity index (χ4n) is 4.96. The molecule has 3 aromatic rings. The number of pyridine rings is 1. The Balaban J connectivity index is 1.26. The first-order valence-electron chi connectivity index (χ1n) is 10.1. The van der Waals surface area contributed by atoms with E-state index in [-0.39, 0.29) is 41.3 Å². The normalized spacial score (nSPS) is 26.4. The van der Waals surface area contributed by atoms with E-state index in [0.717, 1.165) is 23.4 Å². The van der Waals surface area contributed by atoms with E-state index in [4.69, 9.17) is 0 Å². The van der Waals surface area contributed by atoms with Gasteiger partial charge in [-0.15, -0.1) is 0 Å². The number of fused-ring (bicyclic) bond motifs is 6. The van der Waals surface area contributed by atoms with Crippen molar-refractivity contribution >= 4 is 50.0 Å². The van der Waals surface area contributed by atoms with Gasteiger partial charge in [-0.3, -0.25) is 9.59 Å². The molecular formula is C22H15F3N4O2S.